The minimum atomic E-state index is 0.117. The van der Waals surface area contributed by atoms with Crippen molar-refractivity contribution in [1.82, 2.24) is 15.3 Å². The molecule has 1 aliphatic rings. The van der Waals surface area contributed by atoms with Gasteiger partial charge in [0.25, 0.3) is 0 Å². The van der Waals surface area contributed by atoms with Gasteiger partial charge in [0.05, 0.1) is 18.2 Å². The molecule has 1 saturated heterocycles. The molecule has 3 heterocycles. The van der Waals surface area contributed by atoms with Crippen molar-refractivity contribution in [2.75, 3.05) is 19.7 Å². The maximum Gasteiger partial charge on any atom is 0.0964 e. The van der Waals surface area contributed by atoms with Gasteiger partial charge < -0.3 is 10.1 Å². The SMILES string of the molecule is c1cc2ncc(C3CNCCO3)cc2cn1. The number of hydrogen-bond acceptors (Lipinski definition) is 4. The van der Waals surface area contributed by atoms with Gasteiger partial charge in [0, 0.05) is 42.6 Å². The van der Waals surface area contributed by atoms with Crippen molar-refractivity contribution in [3.8, 4) is 0 Å². The number of rotatable bonds is 1. The lowest BCUT2D eigenvalue weighted by Gasteiger charge is -2.23. The third-order valence-corrected chi connectivity index (χ3v) is 2.80. The monoisotopic (exact) mass is 215 g/mol. The molecule has 0 amide bonds. The Hall–Kier alpha value is -1.52. The Balaban J connectivity index is 1.97. The highest BCUT2D eigenvalue weighted by molar-refractivity contribution is 5.77. The van der Waals surface area contributed by atoms with Crippen molar-refractivity contribution in [2.24, 2.45) is 0 Å². The zero-order valence-electron chi connectivity index (χ0n) is 8.89. The number of aromatic nitrogens is 2. The standard InChI is InChI=1S/C12H13N3O/c1-2-13-6-9-5-10(7-15-11(1)9)12-8-14-3-4-16-12/h1-2,5-7,12,14H,3-4,8H2. The lowest BCUT2D eigenvalue weighted by molar-refractivity contribution is 0.0276. The van der Waals surface area contributed by atoms with E-state index in [1.54, 1.807) is 6.20 Å². The molecular formula is C12H13N3O. The summed E-state index contributed by atoms with van der Waals surface area (Å²) < 4.78 is 5.69. The van der Waals surface area contributed by atoms with Gasteiger partial charge in [0.2, 0.25) is 0 Å². The van der Waals surface area contributed by atoms with E-state index in [0.717, 1.165) is 36.2 Å². The first-order chi connectivity index (χ1) is 7.93. The first kappa shape index (κ1) is 9.69. The van der Waals surface area contributed by atoms with E-state index in [9.17, 15) is 0 Å². The van der Waals surface area contributed by atoms with Gasteiger partial charge in [-0.1, -0.05) is 0 Å². The van der Waals surface area contributed by atoms with Crippen molar-refractivity contribution in [3.63, 3.8) is 0 Å². The summed E-state index contributed by atoms with van der Waals surface area (Å²) in [5, 5.41) is 4.38. The number of nitrogens with zero attached hydrogens (tertiary/aromatic N) is 2. The lowest BCUT2D eigenvalue weighted by atomic mass is 10.1. The van der Waals surface area contributed by atoms with Crippen molar-refractivity contribution in [3.05, 3.63) is 36.3 Å². The number of hydrogen-bond donors (Lipinski definition) is 1. The van der Waals surface area contributed by atoms with Crippen LogP contribution >= 0.6 is 0 Å². The van der Waals surface area contributed by atoms with Gasteiger partial charge in [-0.2, -0.15) is 0 Å². The average molecular weight is 215 g/mol. The summed E-state index contributed by atoms with van der Waals surface area (Å²) in [5.74, 6) is 0. The molecular weight excluding hydrogens is 202 g/mol. The molecule has 0 saturated carbocycles. The van der Waals surface area contributed by atoms with Crippen molar-refractivity contribution in [2.45, 2.75) is 6.10 Å². The Morgan fingerprint density at radius 3 is 3.25 bits per heavy atom. The Labute approximate surface area is 93.7 Å². The van der Waals surface area contributed by atoms with E-state index in [-0.39, 0.29) is 6.10 Å². The van der Waals surface area contributed by atoms with Crippen LogP contribution in [0, 0.1) is 0 Å². The highest BCUT2D eigenvalue weighted by atomic mass is 16.5. The van der Waals surface area contributed by atoms with Gasteiger partial charge in [-0.15, -0.1) is 0 Å². The highest BCUT2D eigenvalue weighted by Gasteiger charge is 2.16. The average Bonchev–Trinajstić information content (AvgIpc) is 2.39. The third-order valence-electron chi connectivity index (χ3n) is 2.80. The zero-order valence-corrected chi connectivity index (χ0v) is 8.89. The number of pyridine rings is 2. The van der Waals surface area contributed by atoms with Gasteiger partial charge in [-0.25, -0.2) is 0 Å². The van der Waals surface area contributed by atoms with Crippen LogP contribution in [0.2, 0.25) is 0 Å². The van der Waals surface area contributed by atoms with Gasteiger partial charge in [0.1, 0.15) is 0 Å². The second-order valence-corrected chi connectivity index (χ2v) is 3.90. The first-order valence-electron chi connectivity index (χ1n) is 5.45. The van der Waals surface area contributed by atoms with Crippen LogP contribution in [-0.2, 0) is 4.74 Å². The molecule has 0 aliphatic carbocycles. The van der Waals surface area contributed by atoms with E-state index in [4.69, 9.17) is 4.74 Å². The molecule has 4 heteroatoms. The summed E-state index contributed by atoms with van der Waals surface area (Å²) in [4.78, 5) is 8.51. The quantitative estimate of drug-likeness (QED) is 0.778. The van der Waals surface area contributed by atoms with Crippen LogP contribution < -0.4 is 5.32 Å². The van der Waals surface area contributed by atoms with Crippen LogP contribution in [0.4, 0.5) is 0 Å². The molecule has 16 heavy (non-hydrogen) atoms. The third kappa shape index (κ3) is 1.77. The molecule has 0 spiro atoms. The van der Waals surface area contributed by atoms with E-state index in [0.29, 0.717) is 0 Å². The molecule has 4 nitrogen and oxygen atoms in total. The molecule has 2 aromatic heterocycles. The van der Waals surface area contributed by atoms with Crippen LogP contribution in [-0.4, -0.2) is 29.7 Å². The van der Waals surface area contributed by atoms with Crippen LogP contribution in [0.3, 0.4) is 0 Å². The Kier molecular flexibility index (Phi) is 2.52. The van der Waals surface area contributed by atoms with Crippen LogP contribution in [0.15, 0.2) is 30.7 Å². The summed E-state index contributed by atoms with van der Waals surface area (Å²) >= 11 is 0. The number of nitrogens with one attached hydrogen (secondary N) is 1. The van der Waals surface area contributed by atoms with Crippen molar-refractivity contribution < 1.29 is 4.74 Å². The Bertz CT molecular complexity index is 494. The van der Waals surface area contributed by atoms with Crippen molar-refractivity contribution >= 4 is 10.9 Å². The maximum absolute atomic E-state index is 5.69. The molecule has 1 aliphatic heterocycles. The summed E-state index contributed by atoms with van der Waals surface area (Å²) in [5.41, 5.74) is 2.09. The second kappa shape index (κ2) is 4.15. The molecule has 1 unspecified atom stereocenters. The predicted octanol–water partition coefficient (Wildman–Crippen LogP) is 1.29. The van der Waals surface area contributed by atoms with Crippen LogP contribution in [0.25, 0.3) is 10.9 Å². The minimum Gasteiger partial charge on any atom is -0.371 e. The van der Waals surface area contributed by atoms with E-state index in [2.05, 4.69) is 21.4 Å². The molecule has 1 fully saturated rings. The highest BCUT2D eigenvalue weighted by Crippen LogP contribution is 2.21. The Morgan fingerprint density at radius 2 is 2.38 bits per heavy atom. The summed E-state index contributed by atoms with van der Waals surface area (Å²) in [7, 11) is 0. The summed E-state index contributed by atoms with van der Waals surface area (Å²) in [6, 6.07) is 4.02. The van der Waals surface area contributed by atoms with Gasteiger partial charge in [-0.05, 0) is 12.1 Å². The lowest BCUT2D eigenvalue weighted by Crippen LogP contribution is -2.33. The summed E-state index contributed by atoms with van der Waals surface area (Å²) in [6.07, 6.45) is 5.60. The number of fused-ring (bicyclic) bond motifs is 1. The smallest absolute Gasteiger partial charge is 0.0964 e. The zero-order chi connectivity index (χ0) is 10.8. The molecule has 0 aromatic carbocycles. The largest absolute Gasteiger partial charge is 0.371 e. The first-order valence-corrected chi connectivity index (χ1v) is 5.45. The fourth-order valence-electron chi connectivity index (χ4n) is 1.94. The van der Waals surface area contributed by atoms with E-state index < -0.39 is 0 Å². The fraction of sp³-hybridized carbons (Fsp3) is 0.333. The van der Waals surface area contributed by atoms with Gasteiger partial charge in [0.15, 0.2) is 0 Å². The molecule has 2 aromatic rings. The second-order valence-electron chi connectivity index (χ2n) is 3.90. The molecule has 0 radical (unpaired) electrons. The molecule has 82 valence electrons. The maximum atomic E-state index is 5.69. The predicted molar refractivity (Wildman–Crippen MR) is 61.1 cm³/mol. The van der Waals surface area contributed by atoms with Crippen LogP contribution in [0.5, 0.6) is 0 Å². The normalized spacial score (nSPS) is 21.1. The van der Waals surface area contributed by atoms with Crippen molar-refractivity contribution in [1.29, 1.82) is 0 Å². The van der Waals surface area contributed by atoms with Crippen LogP contribution in [0.1, 0.15) is 11.7 Å². The minimum absolute atomic E-state index is 0.117. The number of ether oxygens (including phenoxy) is 1. The summed E-state index contributed by atoms with van der Waals surface area (Å²) in [6.45, 7) is 2.54. The van der Waals surface area contributed by atoms with E-state index in [1.165, 1.54) is 0 Å². The molecule has 1 N–H and O–H groups in total. The van der Waals surface area contributed by atoms with E-state index in [1.807, 2.05) is 18.5 Å². The number of morpholine rings is 1. The molecule has 0 bridgehead atoms. The van der Waals surface area contributed by atoms with E-state index >= 15 is 0 Å². The fourth-order valence-corrected chi connectivity index (χ4v) is 1.94. The Morgan fingerprint density at radius 1 is 1.38 bits per heavy atom. The topological polar surface area (TPSA) is 47.0 Å². The molecule has 1 atom stereocenters. The van der Waals surface area contributed by atoms with Gasteiger partial charge >= 0.3 is 0 Å². The van der Waals surface area contributed by atoms with Gasteiger partial charge in [-0.3, -0.25) is 9.97 Å². The molecule has 3 rings (SSSR count).